The number of amides is 1. The van der Waals surface area contributed by atoms with Crippen molar-refractivity contribution in [2.24, 2.45) is 0 Å². The van der Waals surface area contributed by atoms with E-state index < -0.39 is 10.0 Å². The molecule has 2 fully saturated rings. The van der Waals surface area contributed by atoms with Gasteiger partial charge in [0.25, 0.3) is 5.91 Å². The molecule has 1 aromatic heterocycles. The predicted molar refractivity (Wildman–Crippen MR) is 121 cm³/mol. The van der Waals surface area contributed by atoms with E-state index in [1.165, 1.54) is 4.31 Å². The lowest BCUT2D eigenvalue weighted by atomic mass is 10.0. The largest absolute Gasteiger partial charge is 0.338 e. The number of hydrogen-bond acceptors (Lipinski definition) is 4. The quantitative estimate of drug-likeness (QED) is 0.654. The molecule has 1 aliphatic heterocycles. The molecule has 9 heteroatoms. The number of sulfonamides is 1. The Hall–Kier alpha value is -1.90. The number of aromatic nitrogens is 2. The zero-order valence-electron chi connectivity index (χ0n) is 18.2. The van der Waals surface area contributed by atoms with Crippen molar-refractivity contribution in [2.45, 2.75) is 51.5 Å². The number of likely N-dealkylation sites (tertiary alicyclic amines) is 1. The molecule has 0 radical (unpaired) electrons. The Morgan fingerprint density at radius 1 is 1.23 bits per heavy atom. The van der Waals surface area contributed by atoms with Crippen LogP contribution in [0.5, 0.6) is 0 Å². The first-order valence-electron chi connectivity index (χ1n) is 10.8. The van der Waals surface area contributed by atoms with E-state index in [-0.39, 0.29) is 17.7 Å². The number of benzene rings is 1. The Morgan fingerprint density at radius 3 is 2.48 bits per heavy atom. The molecule has 4 rings (SSSR count). The summed E-state index contributed by atoms with van der Waals surface area (Å²) in [7, 11) is -1.58. The minimum absolute atomic E-state index is 0.0224. The molecule has 0 spiro atoms. The Bertz CT molecular complexity index is 1090. The molecule has 2 heterocycles. The smallest absolute Gasteiger partial charge is 0.257 e. The second-order valence-electron chi connectivity index (χ2n) is 8.50. The maximum absolute atomic E-state index is 13.4. The summed E-state index contributed by atoms with van der Waals surface area (Å²) < 4.78 is 27.7. The highest BCUT2D eigenvalue weighted by Crippen LogP contribution is 2.43. The first-order valence-corrected chi connectivity index (χ1v) is 12.8. The molecule has 1 aromatic carbocycles. The lowest BCUT2D eigenvalue weighted by Crippen LogP contribution is -2.47. The monoisotopic (exact) mass is 464 g/mol. The van der Waals surface area contributed by atoms with Crippen LogP contribution in [0.4, 0.5) is 0 Å². The van der Waals surface area contributed by atoms with Gasteiger partial charge in [-0.3, -0.25) is 4.79 Å². The van der Waals surface area contributed by atoms with Gasteiger partial charge in [0.15, 0.2) is 0 Å². The van der Waals surface area contributed by atoms with Gasteiger partial charge in [0.2, 0.25) is 10.0 Å². The average molecular weight is 465 g/mol. The fourth-order valence-electron chi connectivity index (χ4n) is 4.23. The molecular formula is C22H29ClN4O3S. The Balaban J connectivity index is 1.54. The maximum Gasteiger partial charge on any atom is 0.257 e. The van der Waals surface area contributed by atoms with Crippen LogP contribution in [0.15, 0.2) is 24.4 Å². The zero-order chi connectivity index (χ0) is 22.3. The summed E-state index contributed by atoms with van der Waals surface area (Å²) in [6, 6.07) is 5.77. The highest BCUT2D eigenvalue weighted by atomic mass is 35.5. The summed E-state index contributed by atoms with van der Waals surface area (Å²) >= 11 is 6.32. The molecule has 31 heavy (non-hydrogen) atoms. The van der Waals surface area contributed by atoms with Crippen molar-refractivity contribution in [1.29, 1.82) is 0 Å². The fourth-order valence-corrected chi connectivity index (χ4v) is 5.47. The highest BCUT2D eigenvalue weighted by Gasteiger charge is 2.36. The van der Waals surface area contributed by atoms with Gasteiger partial charge in [-0.25, -0.2) is 17.4 Å². The van der Waals surface area contributed by atoms with Gasteiger partial charge < -0.3 is 4.90 Å². The van der Waals surface area contributed by atoms with E-state index in [4.69, 9.17) is 11.6 Å². The summed E-state index contributed by atoms with van der Waals surface area (Å²) in [6.45, 7) is 4.69. The summed E-state index contributed by atoms with van der Waals surface area (Å²) in [5.74, 6) is 0.404. The van der Waals surface area contributed by atoms with Crippen LogP contribution in [0.25, 0.3) is 5.69 Å². The zero-order valence-corrected chi connectivity index (χ0v) is 19.8. The molecular weight excluding hydrogens is 436 g/mol. The molecule has 1 aliphatic carbocycles. The topological polar surface area (TPSA) is 75.5 Å². The molecule has 0 bridgehead atoms. The van der Waals surface area contributed by atoms with Gasteiger partial charge >= 0.3 is 0 Å². The number of nitrogens with zero attached hydrogens (tertiary/aromatic N) is 4. The highest BCUT2D eigenvalue weighted by molar-refractivity contribution is 7.89. The normalized spacial score (nSPS) is 18.0. The molecule has 1 saturated carbocycles. The number of piperidine rings is 1. The van der Waals surface area contributed by atoms with Crippen molar-refractivity contribution in [2.75, 3.05) is 25.9 Å². The molecule has 2 aliphatic rings. The predicted octanol–water partition coefficient (Wildman–Crippen LogP) is 3.60. The van der Waals surface area contributed by atoms with Gasteiger partial charge in [-0.1, -0.05) is 17.7 Å². The third-order valence-electron chi connectivity index (χ3n) is 6.47. The Morgan fingerprint density at radius 2 is 1.90 bits per heavy atom. The average Bonchev–Trinajstić information content (AvgIpc) is 3.52. The van der Waals surface area contributed by atoms with E-state index >= 15 is 0 Å². The van der Waals surface area contributed by atoms with Gasteiger partial charge in [-0.15, -0.1) is 0 Å². The van der Waals surface area contributed by atoms with Crippen molar-refractivity contribution in [1.82, 2.24) is 19.0 Å². The van der Waals surface area contributed by atoms with Crippen LogP contribution in [-0.2, 0) is 10.0 Å². The summed E-state index contributed by atoms with van der Waals surface area (Å²) in [4.78, 5) is 15.2. The molecule has 7 nitrogen and oxygen atoms in total. The lowest BCUT2D eigenvalue weighted by molar-refractivity contribution is 0.0685. The third kappa shape index (κ3) is 4.38. The van der Waals surface area contributed by atoms with E-state index in [0.717, 1.165) is 29.8 Å². The van der Waals surface area contributed by atoms with Crippen molar-refractivity contribution < 1.29 is 13.2 Å². The fraction of sp³-hybridized carbons (Fsp3) is 0.545. The van der Waals surface area contributed by atoms with Gasteiger partial charge in [-0.2, -0.15) is 5.10 Å². The molecule has 0 atom stereocenters. The number of carbonyl (C=O) groups is 1. The second-order valence-corrected chi connectivity index (χ2v) is 11.2. The molecule has 1 saturated heterocycles. The standard InChI is InChI=1S/C22H29ClN4O3S/c1-4-31(29,30)25(3)17-9-11-26(12-10-17)22(28)19-14-24-27(21(19)16-6-7-16)18-8-5-15(2)20(23)13-18/h5,8,13-14,16-17H,4,6-7,9-12H2,1-3H3. The van der Waals surface area contributed by atoms with Crippen LogP contribution >= 0.6 is 11.6 Å². The molecule has 168 valence electrons. The van der Waals surface area contributed by atoms with E-state index in [1.807, 2.05) is 34.7 Å². The third-order valence-corrected chi connectivity index (χ3v) is 8.78. The number of rotatable bonds is 6. The van der Waals surface area contributed by atoms with Crippen molar-refractivity contribution >= 4 is 27.5 Å². The van der Waals surface area contributed by atoms with Crippen LogP contribution in [0.2, 0.25) is 5.02 Å². The van der Waals surface area contributed by atoms with E-state index in [0.29, 0.717) is 42.4 Å². The van der Waals surface area contributed by atoms with Crippen LogP contribution in [-0.4, -0.2) is 65.2 Å². The first-order chi connectivity index (χ1) is 14.7. The molecule has 2 aromatic rings. The SMILES string of the molecule is CCS(=O)(=O)N(C)C1CCN(C(=O)c2cnn(-c3ccc(C)c(Cl)c3)c2C2CC2)CC1. The van der Waals surface area contributed by atoms with E-state index in [2.05, 4.69) is 5.10 Å². The van der Waals surface area contributed by atoms with Crippen LogP contribution < -0.4 is 0 Å². The van der Waals surface area contributed by atoms with E-state index in [9.17, 15) is 13.2 Å². The Kier molecular flexibility index (Phi) is 6.16. The van der Waals surface area contributed by atoms with Crippen molar-refractivity contribution in [3.05, 3.63) is 46.2 Å². The van der Waals surface area contributed by atoms with Gasteiger partial charge in [0.1, 0.15) is 0 Å². The van der Waals surface area contributed by atoms with Crippen LogP contribution in [0.3, 0.4) is 0 Å². The Labute approximate surface area is 189 Å². The lowest BCUT2D eigenvalue weighted by Gasteiger charge is -2.36. The molecule has 0 unspecified atom stereocenters. The molecule has 0 N–H and O–H groups in total. The summed E-state index contributed by atoms with van der Waals surface area (Å²) in [6.07, 6.45) is 5.05. The number of carbonyl (C=O) groups excluding carboxylic acids is 1. The minimum atomic E-state index is -3.23. The van der Waals surface area contributed by atoms with Crippen molar-refractivity contribution in [3.63, 3.8) is 0 Å². The first kappa shape index (κ1) is 22.3. The van der Waals surface area contributed by atoms with Crippen LogP contribution in [0, 0.1) is 6.92 Å². The summed E-state index contributed by atoms with van der Waals surface area (Å²) in [5, 5.41) is 5.22. The minimum Gasteiger partial charge on any atom is -0.338 e. The molecule has 1 amide bonds. The number of halogens is 1. The van der Waals surface area contributed by atoms with Gasteiger partial charge in [-0.05, 0) is 57.2 Å². The number of hydrogen-bond donors (Lipinski definition) is 0. The number of aryl methyl sites for hydroxylation is 1. The maximum atomic E-state index is 13.4. The van der Waals surface area contributed by atoms with E-state index in [1.54, 1.807) is 20.2 Å². The van der Waals surface area contributed by atoms with Crippen LogP contribution in [0.1, 0.15) is 60.1 Å². The summed E-state index contributed by atoms with van der Waals surface area (Å²) in [5.41, 5.74) is 3.46. The van der Waals surface area contributed by atoms with Crippen molar-refractivity contribution in [3.8, 4) is 5.69 Å². The second kappa shape index (κ2) is 8.56. The van der Waals surface area contributed by atoms with Gasteiger partial charge in [0, 0.05) is 37.1 Å². The van der Waals surface area contributed by atoms with Gasteiger partial charge in [0.05, 0.1) is 28.9 Å².